The van der Waals surface area contributed by atoms with Crippen LogP contribution >= 0.6 is 11.6 Å². The Morgan fingerprint density at radius 3 is 2.47 bits per heavy atom. The van der Waals surface area contributed by atoms with Crippen molar-refractivity contribution in [1.82, 2.24) is 0 Å². The van der Waals surface area contributed by atoms with Crippen LogP contribution in [0.3, 0.4) is 0 Å². The third kappa shape index (κ3) is 2.61. The van der Waals surface area contributed by atoms with E-state index in [1.807, 2.05) is 0 Å². The van der Waals surface area contributed by atoms with Gasteiger partial charge in [-0.2, -0.15) is 13.2 Å². The normalized spacial score (nSPS) is 18.4. The lowest BCUT2D eigenvalue weighted by atomic mass is 9.98. The number of rotatable bonds is 1. The van der Waals surface area contributed by atoms with E-state index in [4.69, 9.17) is 16.3 Å². The van der Waals surface area contributed by atoms with Gasteiger partial charge in [-0.15, -0.1) is 0 Å². The van der Waals surface area contributed by atoms with E-state index in [2.05, 4.69) is 0 Å². The van der Waals surface area contributed by atoms with Gasteiger partial charge in [-0.05, 0) is 43.2 Å². The van der Waals surface area contributed by atoms with Crippen LogP contribution in [0.25, 0.3) is 6.08 Å². The van der Waals surface area contributed by atoms with Gasteiger partial charge in [0.1, 0.15) is 5.75 Å². The highest BCUT2D eigenvalue weighted by molar-refractivity contribution is 6.68. The third-order valence-electron chi connectivity index (χ3n) is 2.80. The van der Waals surface area contributed by atoms with Crippen LogP contribution in [0.2, 0.25) is 0 Å². The summed E-state index contributed by atoms with van der Waals surface area (Å²) < 4.78 is 43.6. The number of aryl methyl sites for hydroxylation is 2. The fraction of sp³-hybridized carbons (Fsp3) is 0.308. The lowest BCUT2D eigenvalue weighted by Gasteiger charge is -2.28. The SMILES string of the molecule is Cc1cc(C)c2c(c1)C=C(C(=O)Cl)[C@@H](C(F)(F)F)O2. The van der Waals surface area contributed by atoms with Crippen LogP contribution < -0.4 is 4.74 Å². The Balaban J connectivity index is 2.61. The molecular formula is C13H10ClF3O2. The van der Waals surface area contributed by atoms with Crippen molar-refractivity contribution < 1.29 is 22.7 Å². The number of halogens is 4. The van der Waals surface area contributed by atoms with E-state index in [9.17, 15) is 18.0 Å². The Hall–Kier alpha value is -1.49. The molecule has 0 N–H and O–H groups in total. The van der Waals surface area contributed by atoms with Gasteiger partial charge >= 0.3 is 6.18 Å². The molecule has 0 aliphatic carbocycles. The zero-order chi connectivity index (χ0) is 14.4. The van der Waals surface area contributed by atoms with Gasteiger partial charge in [0.25, 0.3) is 5.24 Å². The molecular weight excluding hydrogens is 281 g/mol. The largest absolute Gasteiger partial charge is 0.475 e. The maximum atomic E-state index is 12.9. The molecule has 0 amide bonds. The summed E-state index contributed by atoms with van der Waals surface area (Å²) in [5.41, 5.74) is 1.29. The molecule has 0 unspecified atom stereocenters. The van der Waals surface area contributed by atoms with E-state index < -0.39 is 23.1 Å². The molecule has 19 heavy (non-hydrogen) atoms. The number of hydrogen-bond donors (Lipinski definition) is 0. The van der Waals surface area contributed by atoms with E-state index >= 15 is 0 Å². The summed E-state index contributed by atoms with van der Waals surface area (Å²) in [6.07, 6.45) is -5.86. The highest BCUT2D eigenvalue weighted by Crippen LogP contribution is 2.39. The lowest BCUT2D eigenvalue weighted by molar-refractivity contribution is -0.184. The molecule has 0 saturated heterocycles. The van der Waals surface area contributed by atoms with E-state index in [1.54, 1.807) is 26.0 Å². The number of ether oxygens (including phenoxy) is 1. The Labute approximate surface area is 112 Å². The van der Waals surface area contributed by atoms with E-state index in [0.29, 0.717) is 11.1 Å². The Morgan fingerprint density at radius 2 is 1.95 bits per heavy atom. The maximum Gasteiger partial charge on any atom is 0.429 e. The summed E-state index contributed by atoms with van der Waals surface area (Å²) in [5.74, 6) is 0.134. The zero-order valence-corrected chi connectivity index (χ0v) is 10.9. The van der Waals surface area contributed by atoms with Gasteiger partial charge < -0.3 is 4.74 Å². The number of fused-ring (bicyclic) bond motifs is 1. The van der Waals surface area contributed by atoms with Crippen LogP contribution in [-0.2, 0) is 4.79 Å². The highest BCUT2D eigenvalue weighted by atomic mass is 35.5. The van der Waals surface area contributed by atoms with Crippen molar-refractivity contribution >= 4 is 22.9 Å². The number of hydrogen-bond acceptors (Lipinski definition) is 2. The average Bonchev–Trinajstić information content (AvgIpc) is 2.25. The van der Waals surface area contributed by atoms with Crippen LogP contribution in [0.4, 0.5) is 13.2 Å². The summed E-state index contributed by atoms with van der Waals surface area (Å²) in [7, 11) is 0. The van der Waals surface area contributed by atoms with Crippen molar-refractivity contribution in [3.05, 3.63) is 34.4 Å². The van der Waals surface area contributed by atoms with Crippen molar-refractivity contribution in [2.75, 3.05) is 0 Å². The van der Waals surface area contributed by atoms with Gasteiger partial charge in [0.15, 0.2) is 0 Å². The van der Waals surface area contributed by atoms with E-state index in [-0.39, 0.29) is 5.75 Å². The third-order valence-corrected chi connectivity index (χ3v) is 3.02. The molecule has 6 heteroatoms. The molecule has 0 radical (unpaired) electrons. The second kappa shape index (κ2) is 4.56. The molecule has 1 heterocycles. The van der Waals surface area contributed by atoms with Crippen LogP contribution in [-0.4, -0.2) is 17.5 Å². The van der Waals surface area contributed by atoms with Crippen LogP contribution in [0.1, 0.15) is 16.7 Å². The lowest BCUT2D eigenvalue weighted by Crippen LogP contribution is -2.39. The molecule has 1 aliphatic heterocycles. The van der Waals surface area contributed by atoms with Crippen LogP contribution in [0.5, 0.6) is 5.75 Å². The molecule has 102 valence electrons. The first-order valence-electron chi connectivity index (χ1n) is 5.46. The topological polar surface area (TPSA) is 26.3 Å². The quantitative estimate of drug-likeness (QED) is 0.736. The van der Waals surface area contributed by atoms with Gasteiger partial charge in [-0.25, -0.2) is 0 Å². The smallest absolute Gasteiger partial charge is 0.429 e. The summed E-state index contributed by atoms with van der Waals surface area (Å²) in [6.45, 7) is 3.46. The van der Waals surface area contributed by atoms with Gasteiger partial charge in [-0.3, -0.25) is 4.79 Å². The number of carbonyl (C=O) groups is 1. The van der Waals surface area contributed by atoms with Crippen molar-refractivity contribution in [3.8, 4) is 5.75 Å². The summed E-state index contributed by atoms with van der Waals surface area (Å²) >= 11 is 5.22. The number of alkyl halides is 3. The van der Waals surface area contributed by atoms with Gasteiger partial charge in [0.2, 0.25) is 6.10 Å². The fourth-order valence-corrected chi connectivity index (χ4v) is 2.24. The fourth-order valence-electron chi connectivity index (χ4n) is 2.08. The number of benzene rings is 1. The highest BCUT2D eigenvalue weighted by Gasteiger charge is 2.48. The minimum atomic E-state index is -4.69. The molecule has 2 nitrogen and oxygen atoms in total. The van der Waals surface area contributed by atoms with Crippen LogP contribution in [0.15, 0.2) is 17.7 Å². The van der Waals surface area contributed by atoms with Crippen molar-refractivity contribution in [2.24, 2.45) is 0 Å². The van der Waals surface area contributed by atoms with E-state index in [1.165, 1.54) is 0 Å². The first-order chi connectivity index (χ1) is 8.70. The average molecular weight is 291 g/mol. The Morgan fingerprint density at radius 1 is 1.32 bits per heavy atom. The van der Waals surface area contributed by atoms with Crippen molar-refractivity contribution in [2.45, 2.75) is 26.1 Å². The Bertz CT molecular complexity index is 576. The molecule has 1 aromatic carbocycles. The predicted molar refractivity (Wildman–Crippen MR) is 65.2 cm³/mol. The summed E-state index contributed by atoms with van der Waals surface area (Å²) in [4.78, 5) is 11.2. The Kier molecular flexibility index (Phi) is 3.34. The summed E-state index contributed by atoms with van der Waals surface area (Å²) in [5, 5.41) is -1.16. The van der Waals surface area contributed by atoms with Gasteiger partial charge in [0.05, 0.1) is 5.57 Å². The predicted octanol–water partition coefficient (Wildman–Crippen LogP) is 3.78. The van der Waals surface area contributed by atoms with Gasteiger partial charge in [0, 0.05) is 5.56 Å². The van der Waals surface area contributed by atoms with Gasteiger partial charge in [-0.1, -0.05) is 11.6 Å². The molecule has 0 saturated carbocycles. The maximum absolute atomic E-state index is 12.9. The minimum absolute atomic E-state index is 0.134. The van der Waals surface area contributed by atoms with Crippen LogP contribution in [0, 0.1) is 13.8 Å². The monoisotopic (exact) mass is 290 g/mol. The summed E-state index contributed by atoms with van der Waals surface area (Å²) in [6, 6.07) is 3.36. The number of carbonyl (C=O) groups excluding carboxylic acids is 1. The standard InChI is InChI=1S/C13H10ClF3O2/c1-6-3-7(2)10-8(4-6)5-9(12(14)18)11(19-10)13(15,16)17/h3-5,11H,1-2H3/t11-/m0/s1. The molecule has 0 bridgehead atoms. The first kappa shape index (κ1) is 13.9. The van der Waals surface area contributed by atoms with Crippen molar-refractivity contribution in [1.29, 1.82) is 0 Å². The second-order valence-corrected chi connectivity index (χ2v) is 4.76. The zero-order valence-electron chi connectivity index (χ0n) is 10.1. The molecule has 1 atom stereocenters. The molecule has 0 fully saturated rings. The molecule has 0 aromatic heterocycles. The molecule has 1 aromatic rings. The van der Waals surface area contributed by atoms with E-state index in [0.717, 1.165) is 11.6 Å². The molecule has 1 aliphatic rings. The molecule has 2 rings (SSSR count). The molecule has 0 spiro atoms. The minimum Gasteiger partial charge on any atom is -0.475 e. The van der Waals surface area contributed by atoms with Crippen molar-refractivity contribution in [3.63, 3.8) is 0 Å². The second-order valence-electron chi connectivity index (χ2n) is 4.41. The first-order valence-corrected chi connectivity index (χ1v) is 5.84.